The molecule has 88 valence electrons. The number of aliphatic hydroxyl groups is 1. The summed E-state index contributed by atoms with van der Waals surface area (Å²) in [6, 6.07) is 0. The quantitative estimate of drug-likeness (QED) is 0.564. The molecule has 0 aliphatic carbocycles. The molecule has 0 spiro atoms. The maximum Gasteiger partial charge on any atom is 0.0624 e. The lowest BCUT2D eigenvalue weighted by Gasteiger charge is -1.95. The van der Waals surface area contributed by atoms with Crippen molar-refractivity contribution in [3.05, 3.63) is 34.9 Å². The van der Waals surface area contributed by atoms with Crippen molar-refractivity contribution in [2.75, 3.05) is 6.61 Å². The van der Waals surface area contributed by atoms with Gasteiger partial charge in [-0.3, -0.25) is 0 Å². The van der Waals surface area contributed by atoms with E-state index in [-0.39, 0.29) is 6.61 Å². The van der Waals surface area contributed by atoms with Crippen molar-refractivity contribution in [1.29, 1.82) is 0 Å². The van der Waals surface area contributed by atoms with E-state index in [9.17, 15) is 0 Å². The second kappa shape index (κ2) is 9.00. The van der Waals surface area contributed by atoms with Crippen molar-refractivity contribution >= 4 is 0 Å². The number of aliphatic hydroxyl groups excluding tert-OH is 1. The van der Waals surface area contributed by atoms with Gasteiger partial charge in [0.2, 0.25) is 0 Å². The Bertz CT molecular complexity index is 341. The second-order valence-electron chi connectivity index (χ2n) is 4.15. The van der Waals surface area contributed by atoms with Gasteiger partial charge in [-0.1, -0.05) is 29.1 Å². The predicted molar refractivity (Wildman–Crippen MR) is 71.0 cm³/mol. The van der Waals surface area contributed by atoms with Gasteiger partial charge in [0.25, 0.3) is 0 Å². The van der Waals surface area contributed by atoms with E-state index in [0.717, 1.165) is 18.4 Å². The van der Waals surface area contributed by atoms with Crippen LogP contribution in [0.3, 0.4) is 0 Å². The van der Waals surface area contributed by atoms with Gasteiger partial charge in [0, 0.05) is 0 Å². The van der Waals surface area contributed by atoms with Crippen LogP contribution in [0.1, 0.15) is 40.5 Å². The van der Waals surface area contributed by atoms with Gasteiger partial charge in [-0.15, -0.1) is 0 Å². The lowest BCUT2D eigenvalue weighted by molar-refractivity contribution is 0.342. The first-order chi connectivity index (χ1) is 7.56. The fourth-order valence-electron chi connectivity index (χ4n) is 1.12. The summed E-state index contributed by atoms with van der Waals surface area (Å²) in [4.78, 5) is 0. The molecular weight excluding hydrogens is 196 g/mol. The first-order valence-electron chi connectivity index (χ1n) is 5.64. The summed E-state index contributed by atoms with van der Waals surface area (Å²) in [6.07, 6.45) is 8.04. The fraction of sp³-hybridized carbons (Fsp3) is 0.467. The van der Waals surface area contributed by atoms with Gasteiger partial charge in [-0.25, -0.2) is 0 Å². The van der Waals surface area contributed by atoms with Crippen LogP contribution >= 0.6 is 0 Å². The van der Waals surface area contributed by atoms with Crippen LogP contribution in [0.2, 0.25) is 0 Å². The number of rotatable bonds is 4. The Morgan fingerprint density at radius 1 is 1.12 bits per heavy atom. The summed E-state index contributed by atoms with van der Waals surface area (Å²) in [5, 5.41) is 8.65. The molecular formula is C15H22O. The van der Waals surface area contributed by atoms with Crippen molar-refractivity contribution in [3.8, 4) is 11.8 Å². The van der Waals surface area contributed by atoms with Gasteiger partial charge >= 0.3 is 0 Å². The van der Waals surface area contributed by atoms with Crippen molar-refractivity contribution in [2.24, 2.45) is 0 Å². The van der Waals surface area contributed by atoms with E-state index in [1.807, 2.05) is 13.0 Å². The minimum atomic E-state index is 0.0593. The van der Waals surface area contributed by atoms with Gasteiger partial charge in [0.15, 0.2) is 0 Å². The molecule has 0 saturated carbocycles. The normalized spacial score (nSPS) is 11.8. The maximum atomic E-state index is 8.65. The molecule has 0 atom stereocenters. The topological polar surface area (TPSA) is 20.2 Å². The van der Waals surface area contributed by atoms with Crippen molar-refractivity contribution < 1.29 is 5.11 Å². The highest BCUT2D eigenvalue weighted by atomic mass is 16.2. The minimum absolute atomic E-state index is 0.0593. The van der Waals surface area contributed by atoms with E-state index >= 15 is 0 Å². The molecule has 0 fully saturated rings. The van der Waals surface area contributed by atoms with E-state index < -0.39 is 0 Å². The first-order valence-corrected chi connectivity index (χ1v) is 5.64. The molecule has 0 unspecified atom stereocenters. The Balaban J connectivity index is 4.14. The standard InChI is InChI=1S/C15H22O/c1-13(2)7-5-8-14(3)9-6-10-15(4)11-12-16/h7,9,11,16H,5,8,12H2,1-4H3/b14-9+,15-11-. The van der Waals surface area contributed by atoms with Crippen LogP contribution in [-0.2, 0) is 0 Å². The molecule has 1 N–H and O–H groups in total. The third-order valence-electron chi connectivity index (χ3n) is 2.08. The SMILES string of the molecule is CC(C)=CCC/C(C)=C/C#C/C(C)=C\CO. The molecule has 1 nitrogen and oxygen atoms in total. The Morgan fingerprint density at radius 2 is 1.81 bits per heavy atom. The number of hydrogen-bond acceptors (Lipinski definition) is 1. The molecule has 0 amide bonds. The van der Waals surface area contributed by atoms with Crippen molar-refractivity contribution in [1.82, 2.24) is 0 Å². The smallest absolute Gasteiger partial charge is 0.0624 e. The zero-order chi connectivity index (χ0) is 12.4. The van der Waals surface area contributed by atoms with E-state index in [0.29, 0.717) is 0 Å². The summed E-state index contributed by atoms with van der Waals surface area (Å²) in [5.41, 5.74) is 3.57. The molecule has 0 aliphatic heterocycles. The molecule has 0 heterocycles. The highest BCUT2D eigenvalue weighted by molar-refractivity contribution is 5.32. The molecule has 0 radical (unpaired) electrons. The molecule has 1 heteroatoms. The Labute approximate surface area is 99.6 Å². The summed E-state index contributed by atoms with van der Waals surface area (Å²) >= 11 is 0. The second-order valence-corrected chi connectivity index (χ2v) is 4.15. The van der Waals surface area contributed by atoms with E-state index in [4.69, 9.17) is 5.11 Å². The Morgan fingerprint density at radius 3 is 2.38 bits per heavy atom. The summed E-state index contributed by atoms with van der Waals surface area (Å²) in [6.45, 7) is 8.28. The average molecular weight is 218 g/mol. The monoisotopic (exact) mass is 218 g/mol. The lowest BCUT2D eigenvalue weighted by Crippen LogP contribution is -1.77. The summed E-state index contributed by atoms with van der Waals surface area (Å²) in [7, 11) is 0. The van der Waals surface area contributed by atoms with Crippen LogP contribution in [0.25, 0.3) is 0 Å². The molecule has 0 rings (SSSR count). The molecule has 16 heavy (non-hydrogen) atoms. The first kappa shape index (κ1) is 14.7. The summed E-state index contributed by atoms with van der Waals surface area (Å²) in [5.74, 6) is 5.97. The van der Waals surface area contributed by atoms with Gasteiger partial charge in [0.05, 0.1) is 6.61 Å². The fourth-order valence-corrected chi connectivity index (χ4v) is 1.12. The zero-order valence-electron chi connectivity index (χ0n) is 10.8. The van der Waals surface area contributed by atoms with Gasteiger partial charge in [-0.2, -0.15) is 0 Å². The van der Waals surface area contributed by atoms with Gasteiger partial charge in [-0.05, 0) is 58.3 Å². The van der Waals surface area contributed by atoms with E-state index in [1.54, 1.807) is 6.08 Å². The van der Waals surface area contributed by atoms with Crippen LogP contribution in [0.4, 0.5) is 0 Å². The predicted octanol–water partition coefficient (Wildman–Crippen LogP) is 3.62. The van der Waals surface area contributed by atoms with E-state index in [2.05, 4.69) is 38.7 Å². The molecule has 0 aromatic rings. The largest absolute Gasteiger partial charge is 0.392 e. The Kier molecular flexibility index (Phi) is 8.29. The molecule has 0 aromatic carbocycles. The third-order valence-corrected chi connectivity index (χ3v) is 2.08. The van der Waals surface area contributed by atoms with Crippen molar-refractivity contribution in [3.63, 3.8) is 0 Å². The van der Waals surface area contributed by atoms with E-state index in [1.165, 1.54) is 11.1 Å². The molecule has 0 aromatic heterocycles. The average Bonchev–Trinajstić information content (AvgIpc) is 2.17. The molecule has 0 bridgehead atoms. The van der Waals surface area contributed by atoms with Crippen LogP contribution < -0.4 is 0 Å². The van der Waals surface area contributed by atoms with Crippen LogP contribution in [0.5, 0.6) is 0 Å². The van der Waals surface area contributed by atoms with Crippen LogP contribution in [0.15, 0.2) is 34.9 Å². The highest BCUT2D eigenvalue weighted by Gasteiger charge is 1.86. The van der Waals surface area contributed by atoms with Crippen LogP contribution in [0, 0.1) is 11.8 Å². The van der Waals surface area contributed by atoms with Crippen LogP contribution in [-0.4, -0.2) is 11.7 Å². The Hall–Kier alpha value is -1.26. The third kappa shape index (κ3) is 9.30. The highest BCUT2D eigenvalue weighted by Crippen LogP contribution is 2.05. The maximum absolute atomic E-state index is 8.65. The lowest BCUT2D eigenvalue weighted by atomic mass is 10.1. The summed E-state index contributed by atoms with van der Waals surface area (Å²) < 4.78 is 0. The molecule has 0 saturated heterocycles. The zero-order valence-corrected chi connectivity index (χ0v) is 10.8. The van der Waals surface area contributed by atoms with Crippen molar-refractivity contribution in [2.45, 2.75) is 40.5 Å². The number of hydrogen-bond donors (Lipinski definition) is 1. The van der Waals surface area contributed by atoms with Gasteiger partial charge in [0.1, 0.15) is 0 Å². The van der Waals surface area contributed by atoms with Gasteiger partial charge < -0.3 is 5.11 Å². The minimum Gasteiger partial charge on any atom is -0.392 e. The molecule has 0 aliphatic rings. The number of allylic oxidation sites excluding steroid dienone is 5.